The second kappa shape index (κ2) is 6.96. The van der Waals surface area contributed by atoms with Crippen LogP contribution in [0.4, 0.5) is 10.2 Å². The first-order valence-corrected chi connectivity index (χ1v) is 9.49. The van der Waals surface area contributed by atoms with Crippen LogP contribution in [0.2, 0.25) is 5.02 Å². The van der Waals surface area contributed by atoms with Crippen molar-refractivity contribution >= 4 is 34.1 Å². The molecule has 10 heteroatoms. The molecule has 150 valence electrons. The highest BCUT2D eigenvalue weighted by molar-refractivity contribution is 6.33. The SMILES string of the molecule is CC(Nc1ncnc2nc[nH]c12)c1cn2ccc(Cl)c2c(=O)n1-c1cccc(F)c1. The Bertz CT molecular complexity index is 1450. The fourth-order valence-corrected chi connectivity index (χ4v) is 3.74. The van der Waals surface area contributed by atoms with Gasteiger partial charge in [-0.25, -0.2) is 19.3 Å². The van der Waals surface area contributed by atoms with E-state index in [4.69, 9.17) is 11.6 Å². The second-order valence-electron chi connectivity index (χ2n) is 6.78. The molecule has 4 aromatic heterocycles. The number of hydrogen-bond acceptors (Lipinski definition) is 5. The number of fused-ring (bicyclic) bond motifs is 2. The highest BCUT2D eigenvalue weighted by Gasteiger charge is 2.20. The number of benzene rings is 1. The number of aromatic amines is 1. The molecular weight excluding hydrogens is 409 g/mol. The van der Waals surface area contributed by atoms with Crippen LogP contribution in [0, 0.1) is 5.82 Å². The summed E-state index contributed by atoms with van der Waals surface area (Å²) in [7, 11) is 0. The van der Waals surface area contributed by atoms with Crippen molar-refractivity contribution in [2.45, 2.75) is 13.0 Å². The smallest absolute Gasteiger partial charge is 0.281 e. The van der Waals surface area contributed by atoms with Crippen LogP contribution in [0.25, 0.3) is 22.4 Å². The fraction of sp³-hybridized carbons (Fsp3) is 0.100. The number of imidazole rings is 1. The molecule has 0 fully saturated rings. The molecule has 0 radical (unpaired) electrons. The maximum absolute atomic E-state index is 13.9. The predicted octanol–water partition coefficient (Wildman–Crippen LogP) is 3.72. The van der Waals surface area contributed by atoms with Crippen LogP contribution in [0.15, 0.2) is 60.2 Å². The molecule has 2 N–H and O–H groups in total. The van der Waals surface area contributed by atoms with Crippen LogP contribution < -0.4 is 10.9 Å². The van der Waals surface area contributed by atoms with Gasteiger partial charge in [-0.2, -0.15) is 0 Å². The zero-order valence-electron chi connectivity index (χ0n) is 15.7. The number of halogens is 2. The standard InChI is InChI=1S/C20H15ClFN7O/c1-11(27-19-16-18(24-9-23-16)25-10-26-19)15-8-28-6-5-14(21)17(28)20(30)29(15)13-4-2-3-12(22)7-13/h2-11H,1H3,(H2,23,24,25,26,27). The number of H-pyrrole nitrogens is 1. The van der Waals surface area contributed by atoms with E-state index in [1.54, 1.807) is 35.0 Å². The third kappa shape index (κ3) is 2.91. The van der Waals surface area contributed by atoms with Gasteiger partial charge in [-0.05, 0) is 31.2 Å². The maximum Gasteiger partial charge on any atom is 0.281 e. The Morgan fingerprint density at radius 1 is 1.23 bits per heavy atom. The number of nitrogens with zero attached hydrogens (tertiary/aromatic N) is 5. The molecule has 0 aliphatic carbocycles. The minimum Gasteiger partial charge on any atom is -0.360 e. The van der Waals surface area contributed by atoms with E-state index in [1.807, 2.05) is 6.92 Å². The average molecular weight is 424 g/mol. The maximum atomic E-state index is 13.9. The first-order valence-electron chi connectivity index (χ1n) is 9.11. The Balaban J connectivity index is 1.70. The Morgan fingerprint density at radius 3 is 2.93 bits per heavy atom. The summed E-state index contributed by atoms with van der Waals surface area (Å²) in [6.07, 6.45) is 6.44. The minimum atomic E-state index is -0.442. The topological polar surface area (TPSA) is 92.9 Å². The van der Waals surface area contributed by atoms with E-state index >= 15 is 0 Å². The third-order valence-electron chi connectivity index (χ3n) is 4.89. The molecule has 0 amide bonds. The molecule has 1 aromatic carbocycles. The van der Waals surface area contributed by atoms with Crippen LogP contribution >= 0.6 is 11.6 Å². The lowest BCUT2D eigenvalue weighted by Crippen LogP contribution is -2.27. The van der Waals surface area contributed by atoms with Gasteiger partial charge in [0.25, 0.3) is 5.56 Å². The van der Waals surface area contributed by atoms with Crippen molar-refractivity contribution in [1.29, 1.82) is 0 Å². The van der Waals surface area contributed by atoms with Crippen LogP contribution in [0.3, 0.4) is 0 Å². The molecule has 8 nitrogen and oxygen atoms in total. The van der Waals surface area contributed by atoms with Gasteiger partial charge in [0, 0.05) is 12.4 Å². The number of anilines is 1. The molecule has 0 aliphatic rings. The molecule has 4 heterocycles. The third-order valence-corrected chi connectivity index (χ3v) is 5.19. The summed E-state index contributed by atoms with van der Waals surface area (Å²) in [5, 5.41) is 3.61. The van der Waals surface area contributed by atoms with Gasteiger partial charge in [0.2, 0.25) is 0 Å². The molecule has 1 atom stereocenters. The van der Waals surface area contributed by atoms with Crippen molar-refractivity contribution < 1.29 is 4.39 Å². The van der Waals surface area contributed by atoms with Crippen molar-refractivity contribution in [3.63, 3.8) is 0 Å². The van der Waals surface area contributed by atoms with Crippen LogP contribution in [-0.2, 0) is 0 Å². The number of hydrogen-bond donors (Lipinski definition) is 2. The first-order chi connectivity index (χ1) is 14.5. The Labute approximate surface area is 174 Å². The van der Waals surface area contributed by atoms with Crippen molar-refractivity contribution in [2.75, 3.05) is 5.32 Å². The first kappa shape index (κ1) is 18.3. The fourth-order valence-electron chi connectivity index (χ4n) is 3.51. The van der Waals surface area contributed by atoms with Crippen molar-refractivity contribution in [2.24, 2.45) is 0 Å². The Hall–Kier alpha value is -3.72. The summed E-state index contributed by atoms with van der Waals surface area (Å²) < 4.78 is 17.1. The minimum absolute atomic E-state index is 0.315. The van der Waals surface area contributed by atoms with Gasteiger partial charge in [0.05, 0.1) is 28.8 Å². The van der Waals surface area contributed by atoms with Gasteiger partial charge in [-0.3, -0.25) is 9.36 Å². The summed E-state index contributed by atoms with van der Waals surface area (Å²) in [5.41, 5.74) is 2.13. The van der Waals surface area contributed by atoms with E-state index < -0.39 is 5.82 Å². The molecule has 0 aliphatic heterocycles. The van der Waals surface area contributed by atoms with E-state index in [9.17, 15) is 9.18 Å². The second-order valence-corrected chi connectivity index (χ2v) is 7.19. The lowest BCUT2D eigenvalue weighted by atomic mass is 10.2. The van der Waals surface area contributed by atoms with Crippen molar-refractivity contribution in [3.8, 4) is 5.69 Å². The van der Waals surface area contributed by atoms with Gasteiger partial charge in [0.1, 0.15) is 23.2 Å². The van der Waals surface area contributed by atoms with Crippen LogP contribution in [-0.4, -0.2) is 28.9 Å². The molecule has 30 heavy (non-hydrogen) atoms. The van der Waals surface area contributed by atoms with Crippen molar-refractivity contribution in [3.05, 3.63) is 82.3 Å². The van der Waals surface area contributed by atoms with Gasteiger partial charge < -0.3 is 14.7 Å². The monoisotopic (exact) mass is 423 g/mol. The zero-order valence-corrected chi connectivity index (χ0v) is 16.4. The molecule has 1 unspecified atom stereocenters. The zero-order chi connectivity index (χ0) is 20.8. The molecule has 0 bridgehead atoms. The highest BCUT2D eigenvalue weighted by atomic mass is 35.5. The predicted molar refractivity (Wildman–Crippen MR) is 112 cm³/mol. The Morgan fingerprint density at radius 2 is 2.10 bits per heavy atom. The van der Waals surface area contributed by atoms with E-state index in [0.29, 0.717) is 38.9 Å². The number of rotatable bonds is 4. The molecule has 0 saturated carbocycles. The molecule has 5 aromatic rings. The van der Waals surface area contributed by atoms with Gasteiger partial charge in [0.15, 0.2) is 11.5 Å². The summed E-state index contributed by atoms with van der Waals surface area (Å²) >= 11 is 6.23. The lowest BCUT2D eigenvalue weighted by Gasteiger charge is -2.21. The highest BCUT2D eigenvalue weighted by Crippen LogP contribution is 2.25. The van der Waals surface area contributed by atoms with Crippen LogP contribution in [0.1, 0.15) is 18.7 Å². The normalized spacial score (nSPS) is 12.5. The largest absolute Gasteiger partial charge is 0.360 e. The summed E-state index contributed by atoms with van der Waals surface area (Å²) in [4.78, 5) is 28.9. The molecular formula is C20H15ClFN7O. The van der Waals surface area contributed by atoms with E-state index in [1.165, 1.54) is 29.4 Å². The van der Waals surface area contributed by atoms with Gasteiger partial charge in [-0.1, -0.05) is 17.7 Å². The van der Waals surface area contributed by atoms with Gasteiger partial charge >= 0.3 is 0 Å². The van der Waals surface area contributed by atoms with Crippen LogP contribution in [0.5, 0.6) is 0 Å². The Kier molecular flexibility index (Phi) is 4.25. The number of aromatic nitrogens is 6. The van der Waals surface area contributed by atoms with E-state index in [0.717, 1.165) is 0 Å². The quantitative estimate of drug-likeness (QED) is 0.459. The lowest BCUT2D eigenvalue weighted by molar-refractivity contribution is 0.625. The van der Waals surface area contributed by atoms with Gasteiger partial charge in [-0.15, -0.1) is 0 Å². The average Bonchev–Trinajstić information content (AvgIpc) is 3.35. The summed E-state index contributed by atoms with van der Waals surface area (Å²) in [5.74, 6) is 0.0937. The summed E-state index contributed by atoms with van der Waals surface area (Å²) in [6, 6.07) is 7.13. The number of nitrogens with one attached hydrogen (secondary N) is 2. The van der Waals surface area contributed by atoms with Crippen molar-refractivity contribution in [1.82, 2.24) is 28.9 Å². The molecule has 5 rings (SSSR count). The molecule has 0 spiro atoms. The van der Waals surface area contributed by atoms with E-state index in [2.05, 4.69) is 25.3 Å². The summed E-state index contributed by atoms with van der Waals surface area (Å²) in [6.45, 7) is 1.88. The van der Waals surface area contributed by atoms with E-state index in [-0.39, 0.29) is 11.6 Å². The molecule has 0 saturated heterocycles.